The minimum Gasteiger partial charge on any atom is -0.323 e. The molecule has 2 aromatic heterocycles. The van der Waals surface area contributed by atoms with Gasteiger partial charge in [-0.1, -0.05) is 36.0 Å². The van der Waals surface area contributed by atoms with Gasteiger partial charge in [0.1, 0.15) is 16.9 Å². The number of nitrogens with one attached hydrogen (secondary N) is 1. The van der Waals surface area contributed by atoms with E-state index < -0.39 is 5.82 Å². The molecule has 5 rings (SSSR count). The van der Waals surface area contributed by atoms with Crippen molar-refractivity contribution in [3.8, 4) is 5.69 Å². The van der Waals surface area contributed by atoms with E-state index in [4.69, 9.17) is 0 Å². The Labute approximate surface area is 195 Å². The Balaban J connectivity index is 1.49. The van der Waals surface area contributed by atoms with Crippen LogP contribution in [0.15, 0.2) is 70.6 Å². The number of hydrogen-bond donors (Lipinski definition) is 1. The summed E-state index contributed by atoms with van der Waals surface area (Å²) in [5, 5.41) is 3.55. The quantitative estimate of drug-likeness (QED) is 0.295. The van der Waals surface area contributed by atoms with Gasteiger partial charge in [0.15, 0.2) is 5.16 Å². The van der Waals surface area contributed by atoms with Crippen molar-refractivity contribution in [2.24, 2.45) is 0 Å². The van der Waals surface area contributed by atoms with E-state index in [0.717, 1.165) is 23.5 Å². The SMILES string of the molecule is Cc1ccc(-n2c(SCC(=O)Nc3cccc4nsnc34)nc3ccccc3c2=O)cc1F. The Kier molecular flexibility index (Phi) is 5.61. The summed E-state index contributed by atoms with van der Waals surface area (Å²) < 4.78 is 24.0. The molecular formula is C23H16FN5O2S2. The Hall–Kier alpha value is -3.63. The molecule has 0 unspecified atom stereocenters. The third-order valence-corrected chi connectivity index (χ3v) is 6.53. The zero-order valence-corrected chi connectivity index (χ0v) is 18.9. The molecule has 33 heavy (non-hydrogen) atoms. The summed E-state index contributed by atoms with van der Waals surface area (Å²) in [6, 6.07) is 16.9. The van der Waals surface area contributed by atoms with Crippen LogP contribution >= 0.6 is 23.5 Å². The highest BCUT2D eigenvalue weighted by molar-refractivity contribution is 7.99. The van der Waals surface area contributed by atoms with Crippen LogP contribution in [0.4, 0.5) is 10.1 Å². The normalized spacial score (nSPS) is 11.2. The summed E-state index contributed by atoms with van der Waals surface area (Å²) in [5.41, 5.74) is 2.89. The molecular weight excluding hydrogens is 461 g/mol. The lowest BCUT2D eigenvalue weighted by atomic mass is 10.2. The number of halogens is 1. The number of benzene rings is 3. The first kappa shape index (κ1) is 21.2. The van der Waals surface area contributed by atoms with E-state index in [2.05, 4.69) is 19.0 Å². The molecule has 1 amide bonds. The van der Waals surface area contributed by atoms with E-state index >= 15 is 0 Å². The zero-order chi connectivity index (χ0) is 22.9. The Morgan fingerprint density at radius 1 is 1.09 bits per heavy atom. The van der Waals surface area contributed by atoms with Crippen LogP contribution in [0.1, 0.15) is 5.56 Å². The number of rotatable bonds is 5. The van der Waals surface area contributed by atoms with Crippen molar-refractivity contribution in [1.29, 1.82) is 0 Å². The van der Waals surface area contributed by atoms with Crippen LogP contribution in [0.2, 0.25) is 0 Å². The Morgan fingerprint density at radius 3 is 2.76 bits per heavy atom. The van der Waals surface area contributed by atoms with Crippen LogP contribution in [0.25, 0.3) is 27.6 Å². The smallest absolute Gasteiger partial charge is 0.266 e. The van der Waals surface area contributed by atoms with Crippen LogP contribution in [-0.4, -0.2) is 30.0 Å². The molecule has 164 valence electrons. The van der Waals surface area contributed by atoms with Crippen molar-refractivity contribution in [2.45, 2.75) is 12.1 Å². The fraction of sp³-hybridized carbons (Fsp3) is 0.0870. The lowest BCUT2D eigenvalue weighted by Gasteiger charge is -2.14. The molecule has 3 aromatic carbocycles. The first-order valence-corrected chi connectivity index (χ1v) is 11.6. The van der Waals surface area contributed by atoms with Crippen LogP contribution in [-0.2, 0) is 4.79 Å². The minimum atomic E-state index is -0.425. The van der Waals surface area contributed by atoms with Gasteiger partial charge >= 0.3 is 0 Å². The summed E-state index contributed by atoms with van der Waals surface area (Å²) in [5.74, 6) is -0.719. The number of fused-ring (bicyclic) bond motifs is 2. The van der Waals surface area contributed by atoms with Crippen LogP contribution in [0.3, 0.4) is 0 Å². The van der Waals surface area contributed by atoms with Gasteiger partial charge in [0.05, 0.1) is 39.8 Å². The lowest BCUT2D eigenvalue weighted by Crippen LogP contribution is -2.23. The largest absolute Gasteiger partial charge is 0.323 e. The van der Waals surface area contributed by atoms with Gasteiger partial charge in [-0.3, -0.25) is 14.2 Å². The number of anilines is 1. The fourth-order valence-corrected chi connectivity index (χ4v) is 4.74. The first-order chi connectivity index (χ1) is 16.0. The summed E-state index contributed by atoms with van der Waals surface area (Å²) in [6.07, 6.45) is 0. The van der Waals surface area contributed by atoms with Gasteiger partial charge in [0, 0.05) is 0 Å². The number of nitrogens with zero attached hydrogens (tertiary/aromatic N) is 4. The third kappa shape index (κ3) is 4.10. The van der Waals surface area contributed by atoms with Gasteiger partial charge in [-0.15, -0.1) is 0 Å². The second kappa shape index (κ2) is 8.72. The molecule has 0 bridgehead atoms. The predicted molar refractivity (Wildman–Crippen MR) is 129 cm³/mol. The fourth-order valence-electron chi connectivity index (χ4n) is 3.38. The first-order valence-electron chi connectivity index (χ1n) is 9.93. The second-order valence-corrected chi connectivity index (χ2v) is 8.73. The maximum atomic E-state index is 14.3. The van der Waals surface area contributed by atoms with Crippen LogP contribution < -0.4 is 10.9 Å². The zero-order valence-electron chi connectivity index (χ0n) is 17.3. The van der Waals surface area contributed by atoms with Crippen molar-refractivity contribution in [1.82, 2.24) is 18.3 Å². The van der Waals surface area contributed by atoms with E-state index in [0.29, 0.717) is 44.0 Å². The van der Waals surface area contributed by atoms with Crippen molar-refractivity contribution < 1.29 is 9.18 Å². The van der Waals surface area contributed by atoms with Gasteiger partial charge in [-0.05, 0) is 48.9 Å². The maximum Gasteiger partial charge on any atom is 0.266 e. The van der Waals surface area contributed by atoms with E-state index in [1.807, 2.05) is 6.07 Å². The Morgan fingerprint density at radius 2 is 1.91 bits per heavy atom. The average molecular weight is 478 g/mol. The average Bonchev–Trinajstić information content (AvgIpc) is 3.30. The molecule has 0 spiro atoms. The van der Waals surface area contributed by atoms with E-state index in [1.54, 1.807) is 55.5 Å². The number of aromatic nitrogens is 4. The number of hydrogen-bond acceptors (Lipinski definition) is 7. The molecule has 1 N–H and O–H groups in total. The van der Waals surface area contributed by atoms with Gasteiger partial charge < -0.3 is 5.32 Å². The van der Waals surface area contributed by atoms with E-state index in [9.17, 15) is 14.0 Å². The highest BCUT2D eigenvalue weighted by Crippen LogP contribution is 2.24. The summed E-state index contributed by atoms with van der Waals surface area (Å²) >= 11 is 2.17. The van der Waals surface area contributed by atoms with Crippen molar-refractivity contribution in [2.75, 3.05) is 11.1 Å². The molecule has 0 aliphatic rings. The van der Waals surface area contributed by atoms with E-state index in [-0.39, 0.29) is 17.2 Å². The minimum absolute atomic E-state index is 0.00687. The molecule has 0 saturated carbocycles. The lowest BCUT2D eigenvalue weighted by molar-refractivity contribution is -0.113. The van der Waals surface area contributed by atoms with Crippen LogP contribution in [0.5, 0.6) is 0 Å². The summed E-state index contributed by atoms with van der Waals surface area (Å²) in [7, 11) is 0. The van der Waals surface area contributed by atoms with Crippen molar-refractivity contribution >= 4 is 57.0 Å². The number of para-hydroxylation sites is 1. The summed E-state index contributed by atoms with van der Waals surface area (Å²) in [4.78, 5) is 30.6. The second-order valence-electron chi connectivity index (χ2n) is 7.26. The van der Waals surface area contributed by atoms with E-state index in [1.165, 1.54) is 10.6 Å². The molecule has 0 aliphatic heterocycles. The predicted octanol–water partition coefficient (Wildman–Crippen LogP) is 4.57. The number of amides is 1. The van der Waals surface area contributed by atoms with Crippen molar-refractivity contribution in [3.63, 3.8) is 0 Å². The molecule has 0 fully saturated rings. The molecule has 5 aromatic rings. The molecule has 0 saturated heterocycles. The number of carbonyl (C=O) groups is 1. The molecule has 2 heterocycles. The monoisotopic (exact) mass is 477 g/mol. The maximum absolute atomic E-state index is 14.3. The van der Waals surface area contributed by atoms with Gasteiger partial charge in [-0.2, -0.15) is 8.75 Å². The molecule has 10 heteroatoms. The van der Waals surface area contributed by atoms with Gasteiger partial charge in [0.2, 0.25) is 5.91 Å². The topological polar surface area (TPSA) is 89.8 Å². The number of thioether (sulfide) groups is 1. The highest BCUT2D eigenvalue weighted by Gasteiger charge is 2.16. The molecule has 0 atom stereocenters. The summed E-state index contributed by atoms with van der Waals surface area (Å²) in [6.45, 7) is 1.65. The standard InChI is InChI=1S/C23H16FN5O2S2/c1-13-9-10-14(11-16(13)24)29-22(31)15-5-2-3-6-17(15)26-23(29)32-12-20(30)25-18-7-4-8-19-21(18)28-33-27-19/h2-11H,12H2,1H3,(H,25,30). The molecule has 0 radical (unpaired) electrons. The molecule has 0 aliphatic carbocycles. The Bertz CT molecular complexity index is 1580. The third-order valence-electron chi connectivity index (χ3n) is 5.05. The van der Waals surface area contributed by atoms with Crippen LogP contribution in [0, 0.1) is 12.7 Å². The number of aryl methyl sites for hydroxylation is 1. The molecule has 7 nitrogen and oxygen atoms in total. The number of carbonyl (C=O) groups excluding carboxylic acids is 1. The van der Waals surface area contributed by atoms with Gasteiger partial charge in [0.25, 0.3) is 5.56 Å². The van der Waals surface area contributed by atoms with Gasteiger partial charge in [-0.25, -0.2) is 9.37 Å². The highest BCUT2D eigenvalue weighted by atomic mass is 32.2. The van der Waals surface area contributed by atoms with Crippen molar-refractivity contribution in [3.05, 3.63) is 82.4 Å².